The molecule has 1 saturated heterocycles. The lowest BCUT2D eigenvalue weighted by Gasteiger charge is -2.21. The second kappa shape index (κ2) is 4.91. The van der Waals surface area contributed by atoms with Crippen LogP contribution < -0.4 is 5.32 Å². The van der Waals surface area contributed by atoms with E-state index < -0.39 is 5.60 Å². The molecular weight excluding hydrogens is 246 g/mol. The first kappa shape index (κ1) is 12.0. The number of nitrogens with one attached hydrogen (secondary N) is 1. The lowest BCUT2D eigenvalue weighted by molar-refractivity contribution is 0.0674. The zero-order valence-corrected chi connectivity index (χ0v) is 11.0. The number of pyridine rings is 1. The predicted octanol–water partition coefficient (Wildman–Crippen LogP) is 1.29. The topological polar surface area (TPSA) is 49.6 Å². The summed E-state index contributed by atoms with van der Waals surface area (Å²) in [5, 5.41) is 13.5. The van der Waals surface area contributed by atoms with Gasteiger partial charge in [-0.1, -0.05) is 6.07 Å². The Morgan fingerprint density at radius 3 is 3.22 bits per heavy atom. The quantitative estimate of drug-likeness (QED) is 0.873. The van der Waals surface area contributed by atoms with Gasteiger partial charge >= 0.3 is 0 Å². The average Bonchev–Trinajstić information content (AvgIpc) is 2.95. The van der Waals surface area contributed by atoms with Crippen LogP contribution >= 0.6 is 11.8 Å². The molecule has 0 aliphatic carbocycles. The van der Waals surface area contributed by atoms with Gasteiger partial charge in [-0.3, -0.25) is 0 Å². The van der Waals surface area contributed by atoms with Crippen LogP contribution in [-0.4, -0.2) is 38.1 Å². The maximum absolute atomic E-state index is 10.2. The summed E-state index contributed by atoms with van der Waals surface area (Å²) >= 11 is 1.82. The van der Waals surface area contributed by atoms with Gasteiger partial charge in [0.1, 0.15) is 5.65 Å². The fourth-order valence-corrected chi connectivity index (χ4v) is 3.53. The summed E-state index contributed by atoms with van der Waals surface area (Å²) in [6.45, 7) is 1.35. The molecular formula is C13H17N3OS. The number of aromatic nitrogens is 2. The molecule has 2 aromatic rings. The first-order valence-corrected chi connectivity index (χ1v) is 7.34. The number of thioether (sulfide) groups is 1. The van der Waals surface area contributed by atoms with Crippen LogP contribution in [0.25, 0.3) is 5.65 Å². The van der Waals surface area contributed by atoms with Crippen LogP contribution in [0, 0.1) is 0 Å². The van der Waals surface area contributed by atoms with Crippen molar-refractivity contribution in [1.29, 1.82) is 0 Å². The molecule has 3 rings (SSSR count). The highest BCUT2D eigenvalue weighted by molar-refractivity contribution is 7.99. The number of hydrogen-bond donors (Lipinski definition) is 2. The highest BCUT2D eigenvalue weighted by Crippen LogP contribution is 2.26. The molecule has 2 N–H and O–H groups in total. The van der Waals surface area contributed by atoms with E-state index in [2.05, 4.69) is 10.3 Å². The lowest BCUT2D eigenvalue weighted by Crippen LogP contribution is -2.40. The molecule has 4 nitrogen and oxygen atoms in total. The number of fused-ring (bicyclic) bond motifs is 1. The minimum atomic E-state index is -0.524. The number of nitrogens with zero attached hydrogens (tertiary/aromatic N) is 2. The van der Waals surface area contributed by atoms with E-state index in [1.807, 2.05) is 46.8 Å². The van der Waals surface area contributed by atoms with Crippen molar-refractivity contribution in [2.75, 3.05) is 18.1 Å². The lowest BCUT2D eigenvalue weighted by atomic mass is 10.0. The van der Waals surface area contributed by atoms with Crippen LogP contribution in [-0.2, 0) is 6.54 Å². The molecule has 0 bridgehead atoms. The Morgan fingerprint density at radius 2 is 2.44 bits per heavy atom. The van der Waals surface area contributed by atoms with E-state index in [0.717, 1.165) is 29.3 Å². The van der Waals surface area contributed by atoms with Crippen molar-refractivity contribution >= 4 is 17.4 Å². The fraction of sp³-hybridized carbons (Fsp3) is 0.462. The normalized spacial score (nSPS) is 23.8. The van der Waals surface area contributed by atoms with Gasteiger partial charge in [0.05, 0.1) is 11.3 Å². The van der Waals surface area contributed by atoms with Crippen LogP contribution in [0.4, 0.5) is 0 Å². The van der Waals surface area contributed by atoms with Crippen LogP contribution in [0.1, 0.15) is 12.1 Å². The third kappa shape index (κ3) is 2.53. The van der Waals surface area contributed by atoms with E-state index in [0.29, 0.717) is 13.1 Å². The molecule has 0 amide bonds. The molecule has 0 radical (unpaired) electrons. The molecule has 96 valence electrons. The summed E-state index contributed by atoms with van der Waals surface area (Å²) in [5.74, 6) is 1.90. The number of hydrogen-bond acceptors (Lipinski definition) is 4. The summed E-state index contributed by atoms with van der Waals surface area (Å²) in [6, 6.07) is 5.97. The minimum Gasteiger partial charge on any atom is -0.388 e. The van der Waals surface area contributed by atoms with Crippen LogP contribution in [0.3, 0.4) is 0 Å². The van der Waals surface area contributed by atoms with E-state index in [-0.39, 0.29) is 0 Å². The minimum absolute atomic E-state index is 0.524. The monoisotopic (exact) mass is 263 g/mol. The van der Waals surface area contributed by atoms with E-state index in [4.69, 9.17) is 0 Å². The third-order valence-electron chi connectivity index (χ3n) is 3.26. The Bertz CT molecular complexity index is 501. The van der Waals surface area contributed by atoms with E-state index >= 15 is 0 Å². The Balaban J connectivity index is 1.59. The van der Waals surface area contributed by atoms with Crippen molar-refractivity contribution in [3.63, 3.8) is 0 Å². The second-order valence-corrected chi connectivity index (χ2v) is 5.93. The maximum atomic E-state index is 10.2. The Hall–Kier alpha value is -1.04. The molecule has 3 heterocycles. The van der Waals surface area contributed by atoms with Crippen molar-refractivity contribution in [3.8, 4) is 0 Å². The van der Waals surface area contributed by atoms with Crippen molar-refractivity contribution in [1.82, 2.24) is 14.7 Å². The molecule has 1 aliphatic rings. The number of aliphatic hydroxyl groups is 1. The van der Waals surface area contributed by atoms with Gasteiger partial charge in [-0.25, -0.2) is 4.98 Å². The van der Waals surface area contributed by atoms with Gasteiger partial charge in [0.15, 0.2) is 0 Å². The molecule has 2 aromatic heterocycles. The Kier molecular flexibility index (Phi) is 3.28. The number of rotatable bonds is 4. The van der Waals surface area contributed by atoms with Gasteiger partial charge < -0.3 is 14.8 Å². The molecule has 1 unspecified atom stereocenters. The van der Waals surface area contributed by atoms with Crippen molar-refractivity contribution in [2.45, 2.75) is 18.6 Å². The zero-order valence-electron chi connectivity index (χ0n) is 10.2. The number of imidazole rings is 1. The van der Waals surface area contributed by atoms with Crippen molar-refractivity contribution < 1.29 is 5.11 Å². The standard InChI is InChI=1S/C13H17N3OS/c17-13(4-6-18-10-13)9-14-7-11-8-16-5-2-1-3-12(16)15-11/h1-3,5,8,14,17H,4,6-7,9-10H2. The highest BCUT2D eigenvalue weighted by atomic mass is 32.2. The summed E-state index contributed by atoms with van der Waals surface area (Å²) in [7, 11) is 0. The van der Waals surface area contributed by atoms with Gasteiger partial charge in [0, 0.05) is 31.2 Å². The third-order valence-corrected chi connectivity index (χ3v) is 4.49. The first-order chi connectivity index (χ1) is 8.75. The maximum Gasteiger partial charge on any atom is 0.137 e. The molecule has 1 fully saturated rings. The molecule has 0 saturated carbocycles. The molecule has 0 aromatic carbocycles. The van der Waals surface area contributed by atoms with Gasteiger partial charge in [-0.05, 0) is 24.3 Å². The van der Waals surface area contributed by atoms with Crippen molar-refractivity contribution in [2.24, 2.45) is 0 Å². The summed E-state index contributed by atoms with van der Waals surface area (Å²) in [6.07, 6.45) is 4.90. The molecule has 1 aliphatic heterocycles. The van der Waals surface area contributed by atoms with E-state index in [9.17, 15) is 5.11 Å². The van der Waals surface area contributed by atoms with Crippen molar-refractivity contribution in [3.05, 3.63) is 36.3 Å². The summed E-state index contributed by atoms with van der Waals surface area (Å²) < 4.78 is 2.01. The largest absolute Gasteiger partial charge is 0.388 e. The Morgan fingerprint density at radius 1 is 1.50 bits per heavy atom. The summed E-state index contributed by atoms with van der Waals surface area (Å²) in [4.78, 5) is 4.51. The highest BCUT2D eigenvalue weighted by Gasteiger charge is 2.30. The zero-order chi connectivity index (χ0) is 12.4. The fourth-order valence-electron chi connectivity index (χ4n) is 2.23. The first-order valence-electron chi connectivity index (χ1n) is 6.19. The summed E-state index contributed by atoms with van der Waals surface area (Å²) in [5.41, 5.74) is 1.45. The van der Waals surface area contributed by atoms with Gasteiger partial charge in [0.25, 0.3) is 0 Å². The van der Waals surface area contributed by atoms with Gasteiger partial charge in [0.2, 0.25) is 0 Å². The average molecular weight is 263 g/mol. The van der Waals surface area contributed by atoms with Crippen LogP contribution in [0.2, 0.25) is 0 Å². The van der Waals surface area contributed by atoms with Crippen LogP contribution in [0.15, 0.2) is 30.6 Å². The van der Waals surface area contributed by atoms with Gasteiger partial charge in [-0.15, -0.1) is 0 Å². The van der Waals surface area contributed by atoms with Gasteiger partial charge in [-0.2, -0.15) is 11.8 Å². The smallest absolute Gasteiger partial charge is 0.137 e. The van der Waals surface area contributed by atoms with E-state index in [1.165, 1.54) is 0 Å². The molecule has 5 heteroatoms. The Labute approximate surface area is 110 Å². The predicted molar refractivity (Wildman–Crippen MR) is 73.8 cm³/mol. The van der Waals surface area contributed by atoms with E-state index in [1.54, 1.807) is 0 Å². The molecule has 1 atom stereocenters. The SMILES string of the molecule is OC1(CNCc2cn3ccccc3n2)CCSC1. The second-order valence-electron chi connectivity index (χ2n) is 4.83. The molecule has 18 heavy (non-hydrogen) atoms. The molecule has 0 spiro atoms. The van der Waals surface area contributed by atoms with Crippen LogP contribution in [0.5, 0.6) is 0 Å².